The molecule has 176 valence electrons. The van der Waals surface area contributed by atoms with Gasteiger partial charge in [-0.1, -0.05) is 18.2 Å². The number of nitrogens with zero attached hydrogens (tertiary/aromatic N) is 2. The molecule has 0 saturated carbocycles. The summed E-state index contributed by atoms with van der Waals surface area (Å²) in [6.07, 6.45) is -2.70. The number of hydrogen-bond donors (Lipinski definition) is 1. The smallest absolute Gasteiger partial charge is 0.416 e. The number of rotatable bonds is 7. The highest BCUT2D eigenvalue weighted by atomic mass is 32.2. The molecule has 0 fully saturated rings. The summed E-state index contributed by atoms with van der Waals surface area (Å²) in [6.45, 7) is 2.97. The molecule has 0 spiro atoms. The fourth-order valence-corrected chi connectivity index (χ4v) is 4.24. The lowest BCUT2D eigenvalue weighted by Crippen LogP contribution is -2.37. The highest BCUT2D eigenvalue weighted by Crippen LogP contribution is 2.32. The fourth-order valence-electron chi connectivity index (χ4n) is 3.36. The van der Waals surface area contributed by atoms with E-state index >= 15 is 0 Å². The number of ether oxygens (including phenoxy) is 1. The van der Waals surface area contributed by atoms with Crippen molar-refractivity contribution in [2.75, 3.05) is 0 Å². The number of carboxylic acid groups (broad SMARTS) is 1. The number of thioether (sulfide) groups is 1. The summed E-state index contributed by atoms with van der Waals surface area (Å²) in [4.78, 5) is 12.2. The van der Waals surface area contributed by atoms with Crippen LogP contribution in [0.2, 0.25) is 0 Å². The summed E-state index contributed by atoms with van der Waals surface area (Å²) >= 11 is 1.57. The van der Waals surface area contributed by atoms with Crippen molar-refractivity contribution in [3.63, 3.8) is 0 Å². The van der Waals surface area contributed by atoms with Crippen molar-refractivity contribution in [3.05, 3.63) is 84.1 Å². The normalized spacial score (nSPS) is 12.1. The van der Waals surface area contributed by atoms with Crippen LogP contribution in [0.5, 0.6) is 5.75 Å². The van der Waals surface area contributed by atoms with Gasteiger partial charge in [0.1, 0.15) is 5.75 Å². The standard InChI is InChI=1S/C25H21F3N2O3S/c1-24(2,23(31)32)33-20-10-12-21(13-11-20)34-15-17-5-3-4-16-14-29-30(22(16)17)19-8-6-18(7-9-19)25(26,27)28/h3-14H,15H2,1-2H3,(H,31,32). The molecule has 1 aromatic heterocycles. The van der Waals surface area contributed by atoms with Crippen LogP contribution < -0.4 is 4.74 Å². The molecular formula is C25H21F3N2O3S. The molecule has 4 aromatic rings. The monoisotopic (exact) mass is 486 g/mol. The first-order chi connectivity index (χ1) is 16.0. The van der Waals surface area contributed by atoms with Crippen LogP contribution in [-0.2, 0) is 16.7 Å². The molecule has 5 nitrogen and oxygen atoms in total. The van der Waals surface area contributed by atoms with Gasteiger partial charge in [-0.3, -0.25) is 0 Å². The molecule has 34 heavy (non-hydrogen) atoms. The Kier molecular flexibility index (Phi) is 6.31. The van der Waals surface area contributed by atoms with Crippen molar-refractivity contribution in [2.45, 2.75) is 36.3 Å². The van der Waals surface area contributed by atoms with E-state index in [9.17, 15) is 23.1 Å². The first-order valence-corrected chi connectivity index (χ1v) is 11.3. The Morgan fingerprint density at radius 1 is 1.03 bits per heavy atom. The molecule has 4 rings (SSSR count). The lowest BCUT2D eigenvalue weighted by molar-refractivity contribution is -0.152. The minimum atomic E-state index is -4.39. The Hall–Kier alpha value is -3.46. The van der Waals surface area contributed by atoms with Gasteiger partial charge >= 0.3 is 12.1 Å². The molecular weight excluding hydrogens is 465 g/mol. The van der Waals surface area contributed by atoms with Gasteiger partial charge in [0.2, 0.25) is 0 Å². The van der Waals surface area contributed by atoms with Gasteiger partial charge in [-0.2, -0.15) is 18.3 Å². The SMILES string of the molecule is CC(C)(Oc1ccc(SCc2cccc3cnn(-c4ccc(C(F)(F)F)cc4)c23)cc1)C(=O)O. The molecule has 0 atom stereocenters. The second kappa shape index (κ2) is 9.06. The Morgan fingerprint density at radius 3 is 2.32 bits per heavy atom. The lowest BCUT2D eigenvalue weighted by atomic mass is 10.1. The van der Waals surface area contributed by atoms with Crippen LogP contribution in [-0.4, -0.2) is 26.5 Å². The van der Waals surface area contributed by atoms with Crippen molar-refractivity contribution < 1.29 is 27.8 Å². The number of carboxylic acids is 1. The van der Waals surface area contributed by atoms with Gasteiger partial charge in [0.05, 0.1) is 23.0 Å². The van der Waals surface area contributed by atoms with Crippen molar-refractivity contribution in [2.24, 2.45) is 0 Å². The van der Waals surface area contributed by atoms with E-state index in [1.165, 1.54) is 26.0 Å². The number of fused-ring (bicyclic) bond motifs is 1. The van der Waals surface area contributed by atoms with E-state index in [-0.39, 0.29) is 0 Å². The number of halogens is 3. The van der Waals surface area contributed by atoms with Gasteiger partial charge in [0.25, 0.3) is 0 Å². The van der Waals surface area contributed by atoms with Crippen LogP contribution in [0.15, 0.2) is 77.8 Å². The van der Waals surface area contributed by atoms with Crippen LogP contribution in [0.4, 0.5) is 13.2 Å². The van der Waals surface area contributed by atoms with Crippen LogP contribution in [0, 0.1) is 0 Å². The van der Waals surface area contributed by atoms with Gasteiger partial charge in [0.15, 0.2) is 5.60 Å². The molecule has 0 bridgehead atoms. The molecule has 0 radical (unpaired) electrons. The van der Waals surface area contributed by atoms with Crippen molar-refractivity contribution in [1.82, 2.24) is 9.78 Å². The number of aliphatic carboxylic acids is 1. The molecule has 3 aromatic carbocycles. The number of para-hydroxylation sites is 1. The highest BCUT2D eigenvalue weighted by Gasteiger charge is 2.30. The summed E-state index contributed by atoms with van der Waals surface area (Å²) < 4.78 is 45.9. The Balaban J connectivity index is 1.54. The zero-order chi connectivity index (χ0) is 24.5. The second-order valence-corrected chi connectivity index (χ2v) is 9.18. The highest BCUT2D eigenvalue weighted by molar-refractivity contribution is 7.98. The molecule has 0 amide bonds. The molecule has 9 heteroatoms. The van der Waals surface area contributed by atoms with E-state index in [0.29, 0.717) is 17.2 Å². The first kappa shape index (κ1) is 23.7. The first-order valence-electron chi connectivity index (χ1n) is 10.3. The number of benzene rings is 3. The molecule has 0 unspecified atom stereocenters. The van der Waals surface area contributed by atoms with Crippen molar-refractivity contribution >= 4 is 28.6 Å². The zero-order valence-electron chi connectivity index (χ0n) is 18.3. The third-order valence-corrected chi connectivity index (χ3v) is 6.28. The van der Waals surface area contributed by atoms with Gasteiger partial charge in [0, 0.05) is 16.0 Å². The quantitative estimate of drug-likeness (QED) is 0.299. The lowest BCUT2D eigenvalue weighted by Gasteiger charge is -2.21. The minimum Gasteiger partial charge on any atom is -0.478 e. The van der Waals surface area contributed by atoms with Gasteiger partial charge in [-0.25, -0.2) is 9.48 Å². The van der Waals surface area contributed by atoms with E-state index in [1.807, 2.05) is 30.3 Å². The topological polar surface area (TPSA) is 64.4 Å². The van der Waals surface area contributed by atoms with Crippen LogP contribution >= 0.6 is 11.8 Å². The predicted octanol–water partition coefficient (Wildman–Crippen LogP) is 6.58. The third-order valence-electron chi connectivity index (χ3n) is 5.22. The maximum Gasteiger partial charge on any atom is 0.416 e. The van der Waals surface area contributed by atoms with Crippen LogP contribution in [0.3, 0.4) is 0 Å². The van der Waals surface area contributed by atoms with Crippen LogP contribution in [0.1, 0.15) is 25.0 Å². The van der Waals surface area contributed by atoms with E-state index < -0.39 is 23.3 Å². The minimum absolute atomic E-state index is 0.458. The molecule has 0 saturated heterocycles. The molecule has 0 aliphatic carbocycles. The maximum absolute atomic E-state index is 12.9. The molecule has 0 aliphatic rings. The molecule has 0 aliphatic heterocycles. The zero-order valence-corrected chi connectivity index (χ0v) is 19.2. The summed E-state index contributed by atoms with van der Waals surface area (Å²) in [5, 5.41) is 14.5. The maximum atomic E-state index is 12.9. The van der Waals surface area contributed by atoms with Gasteiger partial charge in [-0.15, -0.1) is 11.8 Å². The molecule has 1 N–H and O–H groups in total. The number of carbonyl (C=O) groups is 1. The fraction of sp³-hybridized carbons (Fsp3) is 0.200. The van der Waals surface area contributed by atoms with Gasteiger partial charge < -0.3 is 9.84 Å². The summed E-state index contributed by atoms with van der Waals surface area (Å²) in [6, 6.07) is 17.9. The Bertz CT molecular complexity index is 1310. The number of hydrogen-bond acceptors (Lipinski definition) is 4. The molecule has 1 heterocycles. The Morgan fingerprint density at radius 2 is 1.71 bits per heavy atom. The largest absolute Gasteiger partial charge is 0.478 e. The average molecular weight is 487 g/mol. The van der Waals surface area contributed by atoms with Crippen molar-refractivity contribution in [1.29, 1.82) is 0 Å². The van der Waals surface area contributed by atoms with E-state index in [1.54, 1.807) is 34.8 Å². The summed E-state index contributed by atoms with van der Waals surface area (Å²) in [7, 11) is 0. The van der Waals surface area contributed by atoms with Crippen LogP contribution in [0.25, 0.3) is 16.6 Å². The average Bonchev–Trinajstić information content (AvgIpc) is 3.23. The summed E-state index contributed by atoms with van der Waals surface area (Å²) in [5.74, 6) is 0.00717. The third kappa shape index (κ3) is 5.04. The van der Waals surface area contributed by atoms with Gasteiger partial charge in [-0.05, 0) is 67.9 Å². The predicted molar refractivity (Wildman–Crippen MR) is 124 cm³/mol. The van der Waals surface area contributed by atoms with E-state index in [2.05, 4.69) is 5.10 Å². The Labute approximate surface area is 198 Å². The number of alkyl halides is 3. The van der Waals surface area contributed by atoms with E-state index in [0.717, 1.165) is 33.5 Å². The van der Waals surface area contributed by atoms with Crippen molar-refractivity contribution in [3.8, 4) is 11.4 Å². The second-order valence-electron chi connectivity index (χ2n) is 8.13. The number of aromatic nitrogens is 2. The summed E-state index contributed by atoms with van der Waals surface area (Å²) in [5.41, 5.74) is 0.317. The van der Waals surface area contributed by atoms with E-state index in [4.69, 9.17) is 4.74 Å².